The van der Waals surface area contributed by atoms with E-state index in [0.29, 0.717) is 31.3 Å². The quantitative estimate of drug-likeness (QED) is 0.715. The van der Waals surface area contributed by atoms with Crippen LogP contribution in [0.2, 0.25) is 5.02 Å². The number of ether oxygens (including phenoxy) is 2. The third-order valence-electron chi connectivity index (χ3n) is 4.27. The van der Waals surface area contributed by atoms with Crippen LogP contribution in [0.1, 0.15) is 33.3 Å². The van der Waals surface area contributed by atoms with E-state index >= 15 is 0 Å². The van der Waals surface area contributed by atoms with Crippen molar-refractivity contribution in [3.8, 4) is 5.75 Å². The van der Waals surface area contributed by atoms with E-state index in [2.05, 4.69) is 10.2 Å². The van der Waals surface area contributed by atoms with Gasteiger partial charge in [-0.15, -0.1) is 0 Å². The minimum absolute atomic E-state index is 0.218. The molecule has 0 unspecified atom stereocenters. The molecule has 1 aliphatic rings. The van der Waals surface area contributed by atoms with Gasteiger partial charge in [-0.05, 0) is 45.9 Å². The molecule has 0 aliphatic carbocycles. The first kappa shape index (κ1) is 21.8. The summed E-state index contributed by atoms with van der Waals surface area (Å²) >= 11 is 6.10. The fraction of sp³-hybridized carbons (Fsp3) is 0.650. The van der Waals surface area contributed by atoms with Gasteiger partial charge in [0, 0.05) is 56.4 Å². The van der Waals surface area contributed by atoms with Gasteiger partial charge in [0.15, 0.2) is 0 Å². The molecule has 1 fully saturated rings. The predicted octanol–water partition coefficient (Wildman–Crippen LogP) is 3.38. The van der Waals surface area contributed by atoms with Crippen LogP contribution in [0, 0.1) is 0 Å². The van der Waals surface area contributed by atoms with Gasteiger partial charge in [0.2, 0.25) is 0 Å². The molecule has 0 bridgehead atoms. The van der Waals surface area contributed by atoms with Gasteiger partial charge < -0.3 is 19.7 Å². The maximum atomic E-state index is 12.1. The zero-order valence-electron chi connectivity index (χ0n) is 16.9. The molecule has 1 saturated heterocycles. The molecule has 152 valence electrons. The second-order valence-electron chi connectivity index (χ2n) is 7.67. The van der Waals surface area contributed by atoms with Crippen LogP contribution in [0.3, 0.4) is 0 Å². The number of hydrogen-bond acceptors (Lipinski definition) is 5. The number of amides is 1. The van der Waals surface area contributed by atoms with E-state index in [4.69, 9.17) is 21.1 Å². The Labute approximate surface area is 167 Å². The summed E-state index contributed by atoms with van der Waals surface area (Å²) in [5.74, 6) is 0.875. The normalized spacial score (nSPS) is 15.7. The van der Waals surface area contributed by atoms with Crippen LogP contribution in [0.4, 0.5) is 4.79 Å². The summed E-state index contributed by atoms with van der Waals surface area (Å²) in [5.41, 5.74) is 0.623. The first-order chi connectivity index (χ1) is 12.8. The van der Waals surface area contributed by atoms with Crippen molar-refractivity contribution in [2.24, 2.45) is 0 Å². The average Bonchev–Trinajstić information content (AvgIpc) is 2.60. The highest BCUT2D eigenvalue weighted by molar-refractivity contribution is 6.30. The molecule has 1 N–H and O–H groups in total. The maximum Gasteiger partial charge on any atom is 0.410 e. The average molecular weight is 398 g/mol. The van der Waals surface area contributed by atoms with Gasteiger partial charge in [-0.2, -0.15) is 0 Å². The van der Waals surface area contributed by atoms with Gasteiger partial charge in [0.05, 0.1) is 6.61 Å². The van der Waals surface area contributed by atoms with Crippen LogP contribution in [0.5, 0.6) is 5.75 Å². The van der Waals surface area contributed by atoms with Crippen molar-refractivity contribution >= 4 is 17.7 Å². The fourth-order valence-corrected chi connectivity index (χ4v) is 3.12. The van der Waals surface area contributed by atoms with E-state index in [9.17, 15) is 4.79 Å². The number of benzene rings is 1. The third-order valence-corrected chi connectivity index (χ3v) is 4.50. The number of piperazine rings is 1. The second kappa shape index (κ2) is 10.2. The minimum Gasteiger partial charge on any atom is -0.494 e. The Morgan fingerprint density at radius 2 is 1.93 bits per heavy atom. The fourth-order valence-electron chi connectivity index (χ4n) is 2.92. The molecule has 0 atom stereocenters. The molecule has 0 spiro atoms. The lowest BCUT2D eigenvalue weighted by Gasteiger charge is -2.35. The van der Waals surface area contributed by atoms with Gasteiger partial charge in [-0.1, -0.05) is 11.6 Å². The van der Waals surface area contributed by atoms with Gasteiger partial charge in [0.1, 0.15) is 11.4 Å². The van der Waals surface area contributed by atoms with Crippen LogP contribution in [-0.2, 0) is 11.3 Å². The molecule has 2 rings (SSSR count). The highest BCUT2D eigenvalue weighted by atomic mass is 35.5. The Bertz CT molecular complexity index is 611. The van der Waals surface area contributed by atoms with Gasteiger partial charge in [0.25, 0.3) is 0 Å². The van der Waals surface area contributed by atoms with Crippen molar-refractivity contribution < 1.29 is 14.3 Å². The van der Waals surface area contributed by atoms with Crippen molar-refractivity contribution in [2.75, 3.05) is 45.9 Å². The minimum atomic E-state index is -0.446. The van der Waals surface area contributed by atoms with Crippen LogP contribution >= 0.6 is 11.6 Å². The number of hydrogen-bond donors (Lipinski definition) is 1. The molecule has 1 aromatic rings. The molecule has 1 amide bonds. The Morgan fingerprint density at radius 3 is 2.56 bits per heavy atom. The summed E-state index contributed by atoms with van der Waals surface area (Å²) < 4.78 is 11.1. The number of halogens is 1. The van der Waals surface area contributed by atoms with Crippen LogP contribution in [-0.4, -0.2) is 67.4 Å². The lowest BCUT2D eigenvalue weighted by molar-refractivity contribution is 0.0146. The zero-order chi connectivity index (χ0) is 19.9. The van der Waals surface area contributed by atoms with Crippen molar-refractivity contribution in [2.45, 2.75) is 39.8 Å². The van der Waals surface area contributed by atoms with Crippen LogP contribution < -0.4 is 10.1 Å². The van der Waals surface area contributed by atoms with E-state index in [1.54, 1.807) is 4.90 Å². The molecule has 7 heteroatoms. The first-order valence-electron chi connectivity index (χ1n) is 9.60. The van der Waals surface area contributed by atoms with Crippen molar-refractivity contribution in [1.29, 1.82) is 0 Å². The maximum absolute atomic E-state index is 12.1. The summed E-state index contributed by atoms with van der Waals surface area (Å²) in [6, 6.07) is 5.71. The van der Waals surface area contributed by atoms with E-state index in [0.717, 1.165) is 37.5 Å². The lowest BCUT2D eigenvalue weighted by atomic mass is 10.2. The summed E-state index contributed by atoms with van der Waals surface area (Å²) in [7, 11) is 0. The van der Waals surface area contributed by atoms with Gasteiger partial charge in [-0.25, -0.2) is 4.79 Å². The molecular weight excluding hydrogens is 366 g/mol. The van der Waals surface area contributed by atoms with Gasteiger partial charge >= 0.3 is 6.09 Å². The highest BCUT2D eigenvalue weighted by Gasteiger charge is 2.25. The summed E-state index contributed by atoms with van der Waals surface area (Å²) in [4.78, 5) is 16.2. The Balaban J connectivity index is 1.69. The number of nitrogens with zero attached hydrogens (tertiary/aromatic N) is 2. The van der Waals surface area contributed by atoms with Gasteiger partial charge in [-0.3, -0.25) is 4.90 Å². The predicted molar refractivity (Wildman–Crippen MR) is 109 cm³/mol. The molecule has 0 saturated carbocycles. The molecule has 6 nitrogen and oxygen atoms in total. The second-order valence-corrected chi connectivity index (χ2v) is 8.11. The largest absolute Gasteiger partial charge is 0.494 e. The standard InChI is InChI=1S/C20H32ClN3O3/c1-5-26-18-7-6-17(21)14-16(18)15-22-8-9-23-10-12-24(13-11-23)19(25)27-20(2,3)4/h6-7,14,22H,5,8-13,15H2,1-4H3. The van der Waals surface area contributed by atoms with E-state index in [1.807, 2.05) is 45.9 Å². The molecule has 1 heterocycles. The number of nitrogens with one attached hydrogen (secondary N) is 1. The first-order valence-corrected chi connectivity index (χ1v) is 9.98. The smallest absolute Gasteiger partial charge is 0.410 e. The number of carbonyl (C=O) groups is 1. The van der Waals surface area contributed by atoms with Crippen LogP contribution in [0.25, 0.3) is 0 Å². The Kier molecular flexibility index (Phi) is 8.20. The molecule has 1 aliphatic heterocycles. The summed E-state index contributed by atoms with van der Waals surface area (Å²) in [5, 5.41) is 4.17. The molecule has 0 aromatic heterocycles. The van der Waals surface area contributed by atoms with Crippen molar-refractivity contribution in [1.82, 2.24) is 15.1 Å². The van der Waals surface area contributed by atoms with E-state index in [-0.39, 0.29) is 6.09 Å². The molecule has 1 aromatic carbocycles. The topological polar surface area (TPSA) is 54.0 Å². The zero-order valence-corrected chi connectivity index (χ0v) is 17.6. The molecule has 0 radical (unpaired) electrons. The SMILES string of the molecule is CCOc1ccc(Cl)cc1CNCCN1CCN(C(=O)OC(C)(C)C)CC1. The summed E-state index contributed by atoms with van der Waals surface area (Å²) in [6.45, 7) is 13.9. The highest BCUT2D eigenvalue weighted by Crippen LogP contribution is 2.22. The van der Waals surface area contributed by atoms with E-state index in [1.165, 1.54) is 0 Å². The molecular formula is C20H32ClN3O3. The number of rotatable bonds is 7. The van der Waals surface area contributed by atoms with Crippen molar-refractivity contribution in [3.05, 3.63) is 28.8 Å². The van der Waals surface area contributed by atoms with E-state index < -0.39 is 5.60 Å². The molecule has 27 heavy (non-hydrogen) atoms. The Hall–Kier alpha value is -1.50. The lowest BCUT2D eigenvalue weighted by Crippen LogP contribution is -2.51. The third kappa shape index (κ3) is 7.56. The number of carbonyl (C=O) groups excluding carboxylic acids is 1. The summed E-state index contributed by atoms with van der Waals surface area (Å²) in [6.07, 6.45) is -0.218. The Morgan fingerprint density at radius 1 is 1.22 bits per heavy atom. The van der Waals surface area contributed by atoms with Crippen LogP contribution in [0.15, 0.2) is 18.2 Å². The monoisotopic (exact) mass is 397 g/mol. The van der Waals surface area contributed by atoms with Crippen molar-refractivity contribution in [3.63, 3.8) is 0 Å².